The van der Waals surface area contributed by atoms with Crippen LogP contribution in [0.3, 0.4) is 0 Å². The Morgan fingerprint density at radius 2 is 1.86 bits per heavy atom. The molecule has 0 saturated carbocycles. The van der Waals surface area contributed by atoms with Crippen LogP contribution >= 0.6 is 0 Å². The lowest BCUT2D eigenvalue weighted by molar-refractivity contribution is 0.202. The van der Waals surface area contributed by atoms with Crippen LogP contribution in [-0.4, -0.2) is 17.0 Å². The summed E-state index contributed by atoms with van der Waals surface area (Å²) in [6, 6.07) is 18.4. The third-order valence-electron chi connectivity index (χ3n) is 3.43. The topological polar surface area (TPSA) is 40.3 Å². The van der Waals surface area contributed by atoms with Crippen molar-refractivity contribution in [3.8, 4) is 0 Å². The van der Waals surface area contributed by atoms with Crippen LogP contribution in [0.4, 0.5) is 0 Å². The molecule has 0 amide bonds. The van der Waals surface area contributed by atoms with Crippen molar-refractivity contribution >= 4 is 5.84 Å². The summed E-state index contributed by atoms with van der Waals surface area (Å²) in [5, 5.41) is 15.2. The van der Waals surface area contributed by atoms with E-state index in [9.17, 15) is 0 Å². The van der Waals surface area contributed by atoms with E-state index in [4.69, 9.17) is 0 Å². The minimum Gasteiger partial charge on any atom is -0.265 e. The van der Waals surface area contributed by atoms with E-state index in [1.165, 1.54) is 11.1 Å². The molecule has 21 heavy (non-hydrogen) atoms. The van der Waals surface area contributed by atoms with E-state index < -0.39 is 0 Å². The van der Waals surface area contributed by atoms with E-state index in [1.807, 2.05) is 42.3 Å². The van der Waals surface area contributed by atoms with Gasteiger partial charge in [0.1, 0.15) is 0 Å². The quantitative estimate of drug-likeness (QED) is 0.837. The van der Waals surface area contributed by atoms with Crippen molar-refractivity contribution in [2.45, 2.75) is 26.6 Å². The molecule has 0 radical (unpaired) electrons. The SMILES string of the molecule is Cc1cccc(CN2N=C(c3ccccc3)N=NC2C)c1. The normalized spacial score (nSPS) is 17.7. The van der Waals surface area contributed by atoms with Gasteiger partial charge in [-0.1, -0.05) is 60.2 Å². The number of amidine groups is 1. The Balaban J connectivity index is 1.84. The number of aryl methyl sites for hydroxylation is 1. The van der Waals surface area contributed by atoms with Crippen molar-refractivity contribution in [2.75, 3.05) is 0 Å². The second kappa shape index (κ2) is 5.87. The molecule has 0 saturated heterocycles. The summed E-state index contributed by atoms with van der Waals surface area (Å²) in [6.45, 7) is 4.84. The molecule has 3 rings (SSSR count). The molecule has 1 unspecified atom stereocenters. The van der Waals surface area contributed by atoms with E-state index in [0.717, 1.165) is 12.1 Å². The highest BCUT2D eigenvalue weighted by Gasteiger charge is 2.18. The standard InChI is InChI=1S/C17H18N4/c1-13-7-6-8-15(11-13)12-21-14(2)18-19-17(20-21)16-9-4-3-5-10-16/h3-11,14H,12H2,1-2H3. The van der Waals surface area contributed by atoms with Gasteiger partial charge in [0, 0.05) is 5.56 Å². The summed E-state index contributed by atoms with van der Waals surface area (Å²) < 4.78 is 0. The lowest BCUT2D eigenvalue weighted by Crippen LogP contribution is -2.30. The Hall–Kier alpha value is -2.49. The van der Waals surface area contributed by atoms with Gasteiger partial charge in [0.2, 0.25) is 5.84 Å². The zero-order valence-corrected chi connectivity index (χ0v) is 12.3. The van der Waals surface area contributed by atoms with Gasteiger partial charge in [-0.2, -0.15) is 10.2 Å². The van der Waals surface area contributed by atoms with Gasteiger partial charge in [0.15, 0.2) is 6.17 Å². The first kappa shape index (κ1) is 13.5. The number of rotatable bonds is 3. The minimum absolute atomic E-state index is 0.0435. The molecule has 1 atom stereocenters. The second-order valence-electron chi connectivity index (χ2n) is 5.22. The van der Waals surface area contributed by atoms with Crippen molar-refractivity contribution in [1.29, 1.82) is 0 Å². The molecule has 0 bridgehead atoms. The highest BCUT2D eigenvalue weighted by molar-refractivity contribution is 5.99. The molecule has 1 aliphatic heterocycles. The molecule has 1 heterocycles. The monoisotopic (exact) mass is 278 g/mol. The first-order valence-electron chi connectivity index (χ1n) is 7.09. The maximum absolute atomic E-state index is 4.65. The fourth-order valence-electron chi connectivity index (χ4n) is 2.29. The molecule has 0 spiro atoms. The molecule has 4 nitrogen and oxygen atoms in total. The molecule has 106 valence electrons. The summed E-state index contributed by atoms with van der Waals surface area (Å²) >= 11 is 0. The summed E-state index contributed by atoms with van der Waals surface area (Å²) in [4.78, 5) is 0. The Morgan fingerprint density at radius 1 is 1.05 bits per heavy atom. The number of azo groups is 1. The van der Waals surface area contributed by atoms with Crippen LogP contribution in [-0.2, 0) is 6.54 Å². The summed E-state index contributed by atoms with van der Waals surface area (Å²) in [6.07, 6.45) is -0.0435. The predicted molar refractivity (Wildman–Crippen MR) is 84.0 cm³/mol. The van der Waals surface area contributed by atoms with Crippen LogP contribution in [0.15, 0.2) is 69.9 Å². The van der Waals surface area contributed by atoms with Gasteiger partial charge in [0.25, 0.3) is 0 Å². The van der Waals surface area contributed by atoms with Gasteiger partial charge in [0.05, 0.1) is 6.54 Å². The van der Waals surface area contributed by atoms with Crippen LogP contribution in [0.1, 0.15) is 23.6 Å². The van der Waals surface area contributed by atoms with E-state index in [2.05, 4.69) is 46.5 Å². The first-order valence-corrected chi connectivity index (χ1v) is 7.09. The predicted octanol–water partition coefficient (Wildman–Crippen LogP) is 3.97. The van der Waals surface area contributed by atoms with E-state index in [0.29, 0.717) is 5.84 Å². The van der Waals surface area contributed by atoms with Crippen molar-refractivity contribution in [1.82, 2.24) is 5.01 Å². The molecule has 2 aromatic rings. The highest BCUT2D eigenvalue weighted by atomic mass is 15.6. The van der Waals surface area contributed by atoms with Gasteiger partial charge in [-0.25, -0.2) is 0 Å². The molecule has 4 heteroatoms. The second-order valence-corrected chi connectivity index (χ2v) is 5.22. The van der Waals surface area contributed by atoms with E-state index in [-0.39, 0.29) is 6.17 Å². The lowest BCUT2D eigenvalue weighted by atomic mass is 10.1. The zero-order valence-electron chi connectivity index (χ0n) is 12.3. The minimum atomic E-state index is -0.0435. The fraction of sp³-hybridized carbons (Fsp3) is 0.235. The fourth-order valence-corrected chi connectivity index (χ4v) is 2.29. The van der Waals surface area contributed by atoms with Crippen molar-refractivity contribution in [2.24, 2.45) is 15.3 Å². The van der Waals surface area contributed by atoms with Gasteiger partial charge >= 0.3 is 0 Å². The van der Waals surface area contributed by atoms with Gasteiger partial charge < -0.3 is 0 Å². The average molecular weight is 278 g/mol. The smallest absolute Gasteiger partial charge is 0.200 e. The van der Waals surface area contributed by atoms with Crippen molar-refractivity contribution in [3.05, 3.63) is 71.3 Å². The van der Waals surface area contributed by atoms with Crippen LogP contribution in [0.5, 0.6) is 0 Å². The molecule has 1 aliphatic rings. The molecule has 0 N–H and O–H groups in total. The number of nitrogens with zero attached hydrogens (tertiary/aromatic N) is 4. The summed E-state index contributed by atoms with van der Waals surface area (Å²) in [5.41, 5.74) is 3.48. The Labute approximate surface area is 124 Å². The van der Waals surface area contributed by atoms with E-state index >= 15 is 0 Å². The lowest BCUT2D eigenvalue weighted by Gasteiger charge is -2.26. The third kappa shape index (κ3) is 3.16. The molecule has 0 aliphatic carbocycles. The highest BCUT2D eigenvalue weighted by Crippen LogP contribution is 2.17. The maximum Gasteiger partial charge on any atom is 0.200 e. The maximum atomic E-state index is 4.65. The van der Waals surface area contributed by atoms with E-state index in [1.54, 1.807) is 0 Å². The van der Waals surface area contributed by atoms with Crippen LogP contribution in [0.25, 0.3) is 0 Å². The average Bonchev–Trinajstić information content (AvgIpc) is 2.50. The molecular formula is C17H18N4. The largest absolute Gasteiger partial charge is 0.265 e. The summed E-state index contributed by atoms with van der Waals surface area (Å²) in [5.74, 6) is 0.668. The Bertz CT molecular complexity index is 676. The van der Waals surface area contributed by atoms with Gasteiger partial charge in [-0.15, -0.1) is 5.11 Å². The first-order chi connectivity index (χ1) is 10.2. The van der Waals surface area contributed by atoms with Gasteiger partial charge in [-0.3, -0.25) is 5.01 Å². The Kier molecular flexibility index (Phi) is 3.77. The number of hydrogen-bond donors (Lipinski definition) is 0. The van der Waals surface area contributed by atoms with Crippen LogP contribution in [0, 0.1) is 6.92 Å². The third-order valence-corrected chi connectivity index (χ3v) is 3.43. The van der Waals surface area contributed by atoms with Crippen LogP contribution in [0.2, 0.25) is 0 Å². The van der Waals surface area contributed by atoms with Crippen LogP contribution < -0.4 is 0 Å². The molecule has 0 fully saturated rings. The molecular weight excluding hydrogens is 260 g/mol. The van der Waals surface area contributed by atoms with Gasteiger partial charge in [-0.05, 0) is 19.4 Å². The number of benzene rings is 2. The Morgan fingerprint density at radius 3 is 2.62 bits per heavy atom. The molecule has 0 aromatic heterocycles. The van der Waals surface area contributed by atoms with Crippen molar-refractivity contribution in [3.63, 3.8) is 0 Å². The zero-order chi connectivity index (χ0) is 14.7. The number of hydrogen-bond acceptors (Lipinski definition) is 4. The molecule has 2 aromatic carbocycles. The number of hydrazone groups is 1. The van der Waals surface area contributed by atoms with Crippen molar-refractivity contribution < 1.29 is 0 Å². The summed E-state index contributed by atoms with van der Waals surface area (Å²) in [7, 11) is 0.